The molecule has 0 spiro atoms. The second-order valence-corrected chi connectivity index (χ2v) is 8.48. The van der Waals surface area contributed by atoms with E-state index in [1.807, 2.05) is 0 Å². The molecule has 1 amide bonds. The molecule has 0 aromatic heterocycles. The van der Waals surface area contributed by atoms with Crippen molar-refractivity contribution in [2.75, 3.05) is 16.7 Å². The van der Waals surface area contributed by atoms with Gasteiger partial charge < -0.3 is 5.32 Å². The predicted molar refractivity (Wildman–Crippen MR) is 119 cm³/mol. The Labute approximate surface area is 179 Å². The molecule has 9 heteroatoms. The van der Waals surface area contributed by atoms with Gasteiger partial charge in [-0.25, -0.2) is 8.42 Å². The summed E-state index contributed by atoms with van der Waals surface area (Å²) in [6, 6.07) is 20.4. The molecule has 0 bridgehead atoms. The topological polar surface area (TPSA) is 110 Å². The van der Waals surface area contributed by atoms with Crippen LogP contribution < -0.4 is 9.62 Å². The van der Waals surface area contributed by atoms with Gasteiger partial charge in [0.2, 0.25) is 5.91 Å². The summed E-state index contributed by atoms with van der Waals surface area (Å²) < 4.78 is 27.0. The molecular weight excluding hydrogens is 418 g/mol. The van der Waals surface area contributed by atoms with Gasteiger partial charge in [-0.1, -0.05) is 24.3 Å². The van der Waals surface area contributed by atoms with Gasteiger partial charge in [0, 0.05) is 30.9 Å². The minimum Gasteiger partial charge on any atom is -0.322 e. The van der Waals surface area contributed by atoms with Crippen LogP contribution in [-0.4, -0.2) is 26.3 Å². The van der Waals surface area contributed by atoms with Crippen LogP contribution >= 0.6 is 0 Å². The first-order chi connectivity index (χ1) is 14.8. The molecule has 1 N–H and O–H groups in total. The smallest absolute Gasteiger partial charge is 0.269 e. The van der Waals surface area contributed by atoms with Crippen LogP contribution in [0.15, 0.2) is 89.8 Å². The fourth-order valence-corrected chi connectivity index (χ4v) is 3.97. The van der Waals surface area contributed by atoms with Crippen molar-refractivity contribution in [1.82, 2.24) is 0 Å². The number of nitro benzene ring substituents is 1. The molecule has 0 atom stereocenters. The minimum atomic E-state index is -3.81. The van der Waals surface area contributed by atoms with Crippen molar-refractivity contribution in [1.29, 1.82) is 0 Å². The number of nitro groups is 1. The number of amides is 1. The van der Waals surface area contributed by atoms with Crippen LogP contribution in [0, 0.1) is 10.1 Å². The van der Waals surface area contributed by atoms with E-state index in [1.165, 1.54) is 59.9 Å². The lowest BCUT2D eigenvalue weighted by atomic mass is 10.2. The van der Waals surface area contributed by atoms with E-state index >= 15 is 0 Å². The first kappa shape index (κ1) is 21.7. The maximum Gasteiger partial charge on any atom is 0.269 e. The molecule has 3 aromatic rings. The average Bonchev–Trinajstić information content (AvgIpc) is 2.78. The van der Waals surface area contributed by atoms with Gasteiger partial charge in [0.05, 0.1) is 15.5 Å². The van der Waals surface area contributed by atoms with Gasteiger partial charge in [-0.2, -0.15) is 0 Å². The van der Waals surface area contributed by atoms with Crippen LogP contribution in [-0.2, 0) is 14.8 Å². The van der Waals surface area contributed by atoms with Gasteiger partial charge in [-0.15, -0.1) is 0 Å². The van der Waals surface area contributed by atoms with E-state index in [1.54, 1.807) is 42.5 Å². The molecule has 3 rings (SSSR count). The van der Waals surface area contributed by atoms with Crippen molar-refractivity contribution < 1.29 is 18.1 Å². The van der Waals surface area contributed by atoms with Crippen LogP contribution in [0.2, 0.25) is 0 Å². The Morgan fingerprint density at radius 1 is 1.00 bits per heavy atom. The second-order valence-electron chi connectivity index (χ2n) is 6.51. The number of sulfonamides is 1. The number of carbonyl (C=O) groups excluding carboxylic acids is 1. The molecule has 0 aliphatic carbocycles. The van der Waals surface area contributed by atoms with Crippen LogP contribution in [0.25, 0.3) is 6.08 Å². The third-order valence-electron chi connectivity index (χ3n) is 4.41. The highest BCUT2D eigenvalue weighted by atomic mass is 32.2. The van der Waals surface area contributed by atoms with Crippen molar-refractivity contribution in [3.8, 4) is 0 Å². The summed E-state index contributed by atoms with van der Waals surface area (Å²) in [6.45, 7) is 0. The quantitative estimate of drug-likeness (QED) is 0.340. The average molecular weight is 437 g/mol. The normalized spacial score (nSPS) is 11.3. The van der Waals surface area contributed by atoms with Gasteiger partial charge in [0.15, 0.2) is 0 Å². The van der Waals surface area contributed by atoms with Crippen molar-refractivity contribution in [3.63, 3.8) is 0 Å². The molecule has 0 radical (unpaired) electrons. The fourth-order valence-electron chi connectivity index (χ4n) is 2.73. The van der Waals surface area contributed by atoms with Crippen molar-refractivity contribution in [2.45, 2.75) is 4.90 Å². The zero-order valence-electron chi connectivity index (χ0n) is 16.5. The fraction of sp³-hybridized carbons (Fsp3) is 0.0455. The first-order valence-electron chi connectivity index (χ1n) is 9.15. The Morgan fingerprint density at radius 3 is 2.32 bits per heavy atom. The van der Waals surface area contributed by atoms with Gasteiger partial charge in [0.25, 0.3) is 15.7 Å². The lowest BCUT2D eigenvalue weighted by Crippen LogP contribution is -2.26. The number of benzene rings is 3. The Hall–Kier alpha value is -3.98. The van der Waals surface area contributed by atoms with E-state index in [-0.39, 0.29) is 10.6 Å². The standard InChI is InChI=1S/C22H19N3O5S/c1-24(19-7-3-2-4-8-19)31(29,30)21-9-5-6-18(16-21)23-22(26)15-12-17-10-13-20(14-11-17)25(27)28/h2-16H,1H3,(H,23,26). The zero-order chi connectivity index (χ0) is 22.4. The van der Waals surface area contributed by atoms with Crippen LogP contribution in [0.3, 0.4) is 0 Å². The minimum absolute atomic E-state index is 0.0380. The third-order valence-corrected chi connectivity index (χ3v) is 6.19. The third kappa shape index (κ3) is 5.34. The number of rotatable bonds is 7. The molecule has 0 saturated heterocycles. The maximum atomic E-state index is 12.9. The van der Waals surface area contributed by atoms with E-state index in [9.17, 15) is 23.3 Å². The SMILES string of the molecule is CN(c1ccccc1)S(=O)(=O)c1cccc(NC(=O)C=Cc2ccc([N+](=O)[O-])cc2)c1. The highest BCUT2D eigenvalue weighted by Gasteiger charge is 2.21. The highest BCUT2D eigenvalue weighted by molar-refractivity contribution is 7.92. The summed E-state index contributed by atoms with van der Waals surface area (Å²) in [5.74, 6) is -0.468. The number of non-ortho nitro benzene ring substituents is 1. The predicted octanol–water partition coefficient (Wildman–Crippen LogP) is 4.07. The highest BCUT2D eigenvalue weighted by Crippen LogP contribution is 2.23. The second kappa shape index (κ2) is 9.23. The summed E-state index contributed by atoms with van der Waals surface area (Å²) in [5, 5.41) is 13.3. The van der Waals surface area contributed by atoms with E-state index in [0.29, 0.717) is 16.9 Å². The van der Waals surface area contributed by atoms with Crippen molar-refractivity contribution in [3.05, 3.63) is 101 Å². The van der Waals surface area contributed by atoms with Crippen LogP contribution in [0.1, 0.15) is 5.56 Å². The van der Waals surface area contributed by atoms with E-state index in [0.717, 1.165) is 0 Å². The summed E-state index contributed by atoms with van der Waals surface area (Å²) in [4.78, 5) is 22.4. The molecule has 3 aromatic carbocycles. The Balaban J connectivity index is 1.72. The Bertz CT molecular complexity index is 1220. The van der Waals surface area contributed by atoms with Gasteiger partial charge in [-0.05, 0) is 54.1 Å². The van der Waals surface area contributed by atoms with E-state index < -0.39 is 20.9 Å². The molecule has 0 aliphatic heterocycles. The Kier molecular flexibility index (Phi) is 6.46. The van der Waals surface area contributed by atoms with Crippen LogP contribution in [0.5, 0.6) is 0 Å². The zero-order valence-corrected chi connectivity index (χ0v) is 17.3. The number of anilines is 2. The maximum absolute atomic E-state index is 12.9. The summed E-state index contributed by atoms with van der Waals surface area (Å²) in [6.07, 6.45) is 2.77. The lowest BCUT2D eigenvalue weighted by molar-refractivity contribution is -0.384. The molecule has 0 heterocycles. The van der Waals surface area contributed by atoms with Crippen LogP contribution in [0.4, 0.5) is 17.1 Å². The van der Waals surface area contributed by atoms with E-state index in [4.69, 9.17) is 0 Å². The molecule has 8 nitrogen and oxygen atoms in total. The molecule has 31 heavy (non-hydrogen) atoms. The molecular formula is C22H19N3O5S. The molecule has 0 fully saturated rings. The summed E-state index contributed by atoms with van der Waals surface area (Å²) >= 11 is 0. The molecule has 158 valence electrons. The first-order valence-corrected chi connectivity index (χ1v) is 10.6. The van der Waals surface area contributed by atoms with Crippen molar-refractivity contribution >= 4 is 39.1 Å². The lowest BCUT2D eigenvalue weighted by Gasteiger charge is -2.19. The number of para-hydroxylation sites is 1. The van der Waals surface area contributed by atoms with Gasteiger partial charge in [0.1, 0.15) is 0 Å². The monoisotopic (exact) mass is 437 g/mol. The number of carbonyl (C=O) groups is 1. The number of hydrogen-bond donors (Lipinski definition) is 1. The molecule has 0 aliphatic rings. The van der Waals surface area contributed by atoms with Gasteiger partial charge >= 0.3 is 0 Å². The van der Waals surface area contributed by atoms with E-state index in [2.05, 4.69) is 5.32 Å². The Morgan fingerprint density at radius 2 is 1.68 bits per heavy atom. The van der Waals surface area contributed by atoms with Crippen molar-refractivity contribution in [2.24, 2.45) is 0 Å². The number of hydrogen-bond acceptors (Lipinski definition) is 5. The largest absolute Gasteiger partial charge is 0.322 e. The molecule has 0 saturated carbocycles. The van der Waals surface area contributed by atoms with Gasteiger partial charge in [-0.3, -0.25) is 19.2 Å². The number of nitrogens with zero attached hydrogens (tertiary/aromatic N) is 2. The summed E-state index contributed by atoms with van der Waals surface area (Å²) in [7, 11) is -2.35. The number of nitrogens with one attached hydrogen (secondary N) is 1. The molecule has 0 unspecified atom stereocenters. The summed E-state index contributed by atoms with van der Waals surface area (Å²) in [5.41, 5.74) is 1.41.